The summed E-state index contributed by atoms with van der Waals surface area (Å²) in [6.45, 7) is 6.17. The maximum Gasteiger partial charge on any atom is 0.128 e. The largest absolute Gasteiger partial charge is 0.354 e. The molecular weight excluding hydrogens is 212 g/mol. The second-order valence-electron chi connectivity index (χ2n) is 4.84. The van der Waals surface area contributed by atoms with Crippen LogP contribution in [0.1, 0.15) is 12.5 Å². The van der Waals surface area contributed by atoms with Crippen LogP contribution in [0.4, 0.5) is 5.82 Å². The van der Waals surface area contributed by atoms with E-state index in [1.165, 1.54) is 5.56 Å². The molecule has 1 aliphatic heterocycles. The Morgan fingerprint density at radius 1 is 1.41 bits per heavy atom. The van der Waals surface area contributed by atoms with E-state index in [2.05, 4.69) is 40.9 Å². The molecule has 0 saturated carbocycles. The van der Waals surface area contributed by atoms with Gasteiger partial charge in [-0.3, -0.25) is 0 Å². The lowest BCUT2D eigenvalue weighted by Gasteiger charge is -2.38. The number of anilines is 1. The minimum absolute atomic E-state index is 0.592. The predicted octanol–water partition coefficient (Wildman–Crippen LogP) is 0.723. The zero-order valence-electron chi connectivity index (χ0n) is 10.8. The van der Waals surface area contributed by atoms with Gasteiger partial charge in [-0.25, -0.2) is 4.98 Å². The second-order valence-corrected chi connectivity index (χ2v) is 4.84. The Kier molecular flexibility index (Phi) is 3.97. The lowest BCUT2D eigenvalue weighted by Crippen LogP contribution is -2.50. The molecule has 1 fully saturated rings. The SMILES string of the molecule is CC1CN(c2ccc(CCN)cn2)CCN1C. The predicted molar refractivity (Wildman–Crippen MR) is 71.3 cm³/mol. The van der Waals surface area contributed by atoms with Gasteiger partial charge in [-0.1, -0.05) is 6.07 Å². The highest BCUT2D eigenvalue weighted by molar-refractivity contribution is 5.40. The molecule has 1 aromatic rings. The van der Waals surface area contributed by atoms with Crippen molar-refractivity contribution in [1.82, 2.24) is 9.88 Å². The quantitative estimate of drug-likeness (QED) is 0.837. The van der Waals surface area contributed by atoms with Gasteiger partial charge in [0.2, 0.25) is 0 Å². The molecule has 17 heavy (non-hydrogen) atoms. The van der Waals surface area contributed by atoms with Gasteiger partial charge in [0.1, 0.15) is 5.82 Å². The highest BCUT2D eigenvalue weighted by Crippen LogP contribution is 2.16. The molecule has 2 N–H and O–H groups in total. The molecular formula is C13H22N4. The van der Waals surface area contributed by atoms with E-state index in [0.717, 1.165) is 31.9 Å². The minimum Gasteiger partial charge on any atom is -0.354 e. The van der Waals surface area contributed by atoms with Crippen LogP contribution in [0, 0.1) is 0 Å². The molecule has 4 nitrogen and oxygen atoms in total. The third kappa shape index (κ3) is 2.96. The van der Waals surface area contributed by atoms with Crippen LogP contribution in [0.5, 0.6) is 0 Å². The average molecular weight is 234 g/mol. The number of nitrogens with zero attached hydrogens (tertiary/aromatic N) is 3. The number of rotatable bonds is 3. The van der Waals surface area contributed by atoms with Crippen LogP contribution < -0.4 is 10.6 Å². The number of hydrogen-bond donors (Lipinski definition) is 1. The third-order valence-electron chi connectivity index (χ3n) is 3.53. The van der Waals surface area contributed by atoms with E-state index in [4.69, 9.17) is 5.73 Å². The van der Waals surface area contributed by atoms with E-state index in [1.807, 2.05) is 6.20 Å². The van der Waals surface area contributed by atoms with Crippen molar-refractivity contribution in [1.29, 1.82) is 0 Å². The highest BCUT2D eigenvalue weighted by Gasteiger charge is 2.21. The molecule has 4 heteroatoms. The van der Waals surface area contributed by atoms with Crippen molar-refractivity contribution in [3.63, 3.8) is 0 Å². The first-order chi connectivity index (χ1) is 8.20. The molecule has 2 rings (SSSR count). The van der Waals surface area contributed by atoms with Crippen molar-refractivity contribution < 1.29 is 0 Å². The summed E-state index contributed by atoms with van der Waals surface area (Å²) in [6.07, 6.45) is 2.86. The Bertz CT molecular complexity index is 349. The highest BCUT2D eigenvalue weighted by atomic mass is 15.3. The molecule has 0 aliphatic carbocycles. The van der Waals surface area contributed by atoms with Gasteiger partial charge in [0.25, 0.3) is 0 Å². The molecule has 1 aliphatic rings. The average Bonchev–Trinajstić information content (AvgIpc) is 2.34. The van der Waals surface area contributed by atoms with Crippen LogP contribution in [-0.2, 0) is 6.42 Å². The molecule has 2 heterocycles. The first kappa shape index (κ1) is 12.3. The Balaban J connectivity index is 2.02. The lowest BCUT2D eigenvalue weighted by molar-refractivity contribution is 0.233. The first-order valence-electron chi connectivity index (χ1n) is 6.31. The van der Waals surface area contributed by atoms with Crippen LogP contribution in [0.3, 0.4) is 0 Å². The van der Waals surface area contributed by atoms with Crippen LogP contribution in [0.15, 0.2) is 18.3 Å². The van der Waals surface area contributed by atoms with Gasteiger partial charge in [0, 0.05) is 31.9 Å². The number of nitrogens with two attached hydrogens (primary N) is 1. The molecule has 0 bridgehead atoms. The van der Waals surface area contributed by atoms with E-state index in [-0.39, 0.29) is 0 Å². The number of hydrogen-bond acceptors (Lipinski definition) is 4. The Morgan fingerprint density at radius 3 is 2.82 bits per heavy atom. The van der Waals surface area contributed by atoms with Gasteiger partial charge in [-0.2, -0.15) is 0 Å². The van der Waals surface area contributed by atoms with Crippen LogP contribution in [0.2, 0.25) is 0 Å². The first-order valence-corrected chi connectivity index (χ1v) is 6.31. The molecule has 1 aromatic heterocycles. The van der Waals surface area contributed by atoms with Crippen molar-refractivity contribution in [3.8, 4) is 0 Å². The normalized spacial score (nSPS) is 21.8. The summed E-state index contributed by atoms with van der Waals surface area (Å²) in [7, 11) is 2.18. The van der Waals surface area contributed by atoms with Gasteiger partial charge in [0.05, 0.1) is 0 Å². The maximum absolute atomic E-state index is 5.53. The van der Waals surface area contributed by atoms with Crippen LogP contribution >= 0.6 is 0 Å². The summed E-state index contributed by atoms with van der Waals surface area (Å²) in [6, 6.07) is 4.84. The molecule has 0 amide bonds. The van der Waals surface area contributed by atoms with E-state index < -0.39 is 0 Å². The summed E-state index contributed by atoms with van der Waals surface area (Å²) >= 11 is 0. The molecule has 1 unspecified atom stereocenters. The summed E-state index contributed by atoms with van der Waals surface area (Å²) in [5.41, 5.74) is 6.75. The van der Waals surface area contributed by atoms with Gasteiger partial charge in [0.15, 0.2) is 0 Å². The van der Waals surface area contributed by atoms with E-state index in [1.54, 1.807) is 0 Å². The van der Waals surface area contributed by atoms with Gasteiger partial charge < -0.3 is 15.5 Å². The van der Waals surface area contributed by atoms with E-state index >= 15 is 0 Å². The summed E-state index contributed by atoms with van der Waals surface area (Å²) in [5.74, 6) is 1.09. The van der Waals surface area contributed by atoms with Crippen molar-refractivity contribution >= 4 is 5.82 Å². The fourth-order valence-corrected chi connectivity index (χ4v) is 2.17. The standard InChI is InChI=1S/C13H22N4/c1-11-10-17(8-7-16(11)2)13-4-3-12(5-6-14)9-15-13/h3-4,9,11H,5-8,10,14H2,1-2H3. The zero-order valence-corrected chi connectivity index (χ0v) is 10.8. The Morgan fingerprint density at radius 2 is 2.24 bits per heavy atom. The number of likely N-dealkylation sites (N-methyl/N-ethyl adjacent to an activating group) is 1. The van der Waals surface area contributed by atoms with Gasteiger partial charge in [-0.05, 0) is 38.6 Å². The Labute approximate surface area is 103 Å². The van der Waals surface area contributed by atoms with Gasteiger partial charge >= 0.3 is 0 Å². The van der Waals surface area contributed by atoms with Crippen LogP contribution in [0.25, 0.3) is 0 Å². The van der Waals surface area contributed by atoms with E-state index in [9.17, 15) is 0 Å². The number of pyridine rings is 1. The molecule has 94 valence electrons. The smallest absolute Gasteiger partial charge is 0.128 e. The molecule has 0 aromatic carbocycles. The second kappa shape index (κ2) is 5.47. The Hall–Kier alpha value is -1.13. The fourth-order valence-electron chi connectivity index (χ4n) is 2.17. The fraction of sp³-hybridized carbons (Fsp3) is 0.615. The summed E-state index contributed by atoms with van der Waals surface area (Å²) in [5, 5.41) is 0. The molecule has 1 saturated heterocycles. The van der Waals surface area contributed by atoms with Crippen molar-refractivity contribution in [2.75, 3.05) is 38.1 Å². The molecule has 1 atom stereocenters. The van der Waals surface area contributed by atoms with Gasteiger partial charge in [-0.15, -0.1) is 0 Å². The summed E-state index contributed by atoms with van der Waals surface area (Å²) < 4.78 is 0. The molecule has 0 radical (unpaired) electrons. The minimum atomic E-state index is 0.592. The number of piperazine rings is 1. The zero-order chi connectivity index (χ0) is 12.3. The summed E-state index contributed by atoms with van der Waals surface area (Å²) in [4.78, 5) is 9.28. The lowest BCUT2D eigenvalue weighted by atomic mass is 10.2. The van der Waals surface area contributed by atoms with Crippen molar-refractivity contribution in [2.24, 2.45) is 5.73 Å². The van der Waals surface area contributed by atoms with Crippen molar-refractivity contribution in [3.05, 3.63) is 23.9 Å². The van der Waals surface area contributed by atoms with Crippen molar-refractivity contribution in [2.45, 2.75) is 19.4 Å². The topological polar surface area (TPSA) is 45.4 Å². The monoisotopic (exact) mass is 234 g/mol. The van der Waals surface area contributed by atoms with Crippen LogP contribution in [-0.4, -0.2) is 49.2 Å². The maximum atomic E-state index is 5.53. The van der Waals surface area contributed by atoms with E-state index in [0.29, 0.717) is 12.6 Å². The molecule has 0 spiro atoms. The third-order valence-corrected chi connectivity index (χ3v) is 3.53. The number of aromatic nitrogens is 1.